The molecule has 8 nitrogen and oxygen atoms in total. The minimum absolute atomic E-state index is 0.0704. The second-order valence-corrected chi connectivity index (χ2v) is 8.70. The van der Waals surface area contributed by atoms with E-state index < -0.39 is 11.6 Å². The zero-order chi connectivity index (χ0) is 24.4. The summed E-state index contributed by atoms with van der Waals surface area (Å²) in [5.74, 6) is -2.05. The molecule has 0 atom stereocenters. The van der Waals surface area contributed by atoms with Gasteiger partial charge in [-0.25, -0.2) is 18.7 Å². The van der Waals surface area contributed by atoms with Crippen LogP contribution in [0.4, 0.5) is 8.78 Å². The van der Waals surface area contributed by atoms with Gasteiger partial charge >= 0.3 is 0 Å². The van der Waals surface area contributed by atoms with Gasteiger partial charge in [0.05, 0.1) is 35.5 Å². The Labute approximate surface area is 200 Å². The predicted molar refractivity (Wildman–Crippen MR) is 123 cm³/mol. The fourth-order valence-corrected chi connectivity index (χ4v) is 4.42. The maximum absolute atomic E-state index is 14.4. The van der Waals surface area contributed by atoms with Crippen LogP contribution in [-0.2, 0) is 24.2 Å². The van der Waals surface area contributed by atoms with Gasteiger partial charge in [0.25, 0.3) is 5.91 Å². The summed E-state index contributed by atoms with van der Waals surface area (Å²) in [5, 5.41) is 9.00. The van der Waals surface area contributed by atoms with Crippen molar-refractivity contribution in [3.63, 3.8) is 0 Å². The molecule has 1 aromatic carbocycles. The fourth-order valence-electron chi connectivity index (χ4n) is 4.42. The van der Waals surface area contributed by atoms with Gasteiger partial charge in [-0.1, -0.05) is 12.1 Å². The van der Waals surface area contributed by atoms with Crippen molar-refractivity contribution in [3.05, 3.63) is 76.4 Å². The lowest BCUT2D eigenvalue weighted by Crippen LogP contribution is -2.43. The van der Waals surface area contributed by atoms with Gasteiger partial charge in [-0.3, -0.25) is 14.6 Å². The number of aromatic nitrogens is 3. The molecule has 2 aromatic heterocycles. The Hall–Kier alpha value is -3.79. The van der Waals surface area contributed by atoms with Crippen LogP contribution in [0.3, 0.4) is 0 Å². The quantitative estimate of drug-likeness (QED) is 0.501. The summed E-state index contributed by atoms with van der Waals surface area (Å²) in [6.07, 6.45) is 3.83. The molecular weight excluding hydrogens is 454 g/mol. The third kappa shape index (κ3) is 5.02. The number of nitrogens with zero attached hydrogens (tertiary/aromatic N) is 3. The molecular formula is C25H24F2N6O2. The zero-order valence-electron chi connectivity index (χ0n) is 18.9. The molecule has 4 heterocycles. The normalized spacial score (nSPS) is 15.5. The minimum atomic E-state index is -0.776. The summed E-state index contributed by atoms with van der Waals surface area (Å²) in [6.45, 7) is 1.96. The van der Waals surface area contributed by atoms with Crippen LogP contribution in [0.2, 0.25) is 0 Å². The van der Waals surface area contributed by atoms with Crippen molar-refractivity contribution < 1.29 is 18.4 Å². The number of nitrogens with one attached hydrogen (secondary N) is 3. The van der Waals surface area contributed by atoms with Gasteiger partial charge < -0.3 is 16.0 Å². The molecule has 2 amide bonds. The maximum Gasteiger partial charge on any atom is 0.255 e. The second kappa shape index (κ2) is 9.83. The Morgan fingerprint density at radius 3 is 2.54 bits per heavy atom. The first-order valence-corrected chi connectivity index (χ1v) is 11.5. The van der Waals surface area contributed by atoms with Crippen molar-refractivity contribution in [3.8, 4) is 11.4 Å². The van der Waals surface area contributed by atoms with Gasteiger partial charge in [-0.15, -0.1) is 0 Å². The van der Waals surface area contributed by atoms with E-state index in [4.69, 9.17) is 0 Å². The molecule has 0 aliphatic carbocycles. The second-order valence-electron chi connectivity index (χ2n) is 8.70. The SMILES string of the molecule is O=C(Cc1ccc(Cc2nc(-c3c(F)cccc3F)nc3c2C(=O)NC3)cn1)NC1CCNCC1. The third-order valence-electron chi connectivity index (χ3n) is 6.19. The van der Waals surface area contributed by atoms with Crippen molar-refractivity contribution in [2.24, 2.45) is 0 Å². The molecule has 2 aliphatic heterocycles. The van der Waals surface area contributed by atoms with Crippen molar-refractivity contribution in [1.82, 2.24) is 30.9 Å². The molecule has 0 unspecified atom stereocenters. The van der Waals surface area contributed by atoms with Gasteiger partial charge in [-0.05, 0) is 49.7 Å². The monoisotopic (exact) mass is 478 g/mol. The van der Waals surface area contributed by atoms with Gasteiger partial charge in [0.1, 0.15) is 11.6 Å². The summed E-state index contributed by atoms with van der Waals surface area (Å²) >= 11 is 0. The number of pyridine rings is 1. The first-order chi connectivity index (χ1) is 17.0. The summed E-state index contributed by atoms with van der Waals surface area (Å²) in [6, 6.07) is 7.31. The Morgan fingerprint density at radius 2 is 1.83 bits per heavy atom. The fraction of sp³-hybridized carbons (Fsp3) is 0.320. The molecule has 0 bridgehead atoms. The smallest absolute Gasteiger partial charge is 0.255 e. The highest BCUT2D eigenvalue weighted by atomic mass is 19.1. The van der Waals surface area contributed by atoms with E-state index in [-0.39, 0.29) is 48.6 Å². The van der Waals surface area contributed by atoms with Crippen LogP contribution in [0.25, 0.3) is 11.4 Å². The highest BCUT2D eigenvalue weighted by Gasteiger charge is 2.28. The molecule has 3 aromatic rings. The molecule has 1 saturated heterocycles. The lowest BCUT2D eigenvalue weighted by Gasteiger charge is -2.23. The van der Waals surface area contributed by atoms with Gasteiger partial charge in [0.15, 0.2) is 5.82 Å². The van der Waals surface area contributed by atoms with Crippen LogP contribution >= 0.6 is 0 Å². The molecule has 10 heteroatoms. The maximum atomic E-state index is 14.4. The van der Waals surface area contributed by atoms with Crippen LogP contribution in [0.1, 0.15) is 45.8 Å². The number of hydrogen-bond acceptors (Lipinski definition) is 6. The van der Waals surface area contributed by atoms with Crippen LogP contribution < -0.4 is 16.0 Å². The number of halogens is 2. The summed E-state index contributed by atoms with van der Waals surface area (Å²) in [4.78, 5) is 37.8. The zero-order valence-corrected chi connectivity index (χ0v) is 18.9. The first-order valence-electron chi connectivity index (χ1n) is 11.5. The van der Waals surface area contributed by atoms with Gasteiger partial charge in [-0.2, -0.15) is 0 Å². The van der Waals surface area contributed by atoms with E-state index in [1.165, 1.54) is 6.07 Å². The van der Waals surface area contributed by atoms with Crippen LogP contribution in [0.5, 0.6) is 0 Å². The van der Waals surface area contributed by atoms with E-state index in [2.05, 4.69) is 30.9 Å². The molecule has 0 spiro atoms. The predicted octanol–water partition coefficient (Wildman–Crippen LogP) is 2.06. The lowest BCUT2D eigenvalue weighted by molar-refractivity contribution is -0.121. The molecule has 3 N–H and O–H groups in total. The first kappa shape index (κ1) is 23.0. The molecule has 2 aliphatic rings. The number of carbonyl (C=O) groups excluding carboxylic acids is 2. The Kier molecular flexibility index (Phi) is 6.45. The number of rotatable bonds is 6. The molecule has 0 radical (unpaired) electrons. The average Bonchev–Trinajstić information content (AvgIpc) is 3.22. The molecule has 5 rings (SSSR count). The van der Waals surface area contributed by atoms with Crippen LogP contribution in [0.15, 0.2) is 36.5 Å². The third-order valence-corrected chi connectivity index (χ3v) is 6.19. The number of carbonyl (C=O) groups is 2. The topological polar surface area (TPSA) is 109 Å². The van der Waals surface area contributed by atoms with Crippen LogP contribution in [-0.4, -0.2) is 45.9 Å². The van der Waals surface area contributed by atoms with E-state index in [0.29, 0.717) is 22.6 Å². The highest BCUT2D eigenvalue weighted by Crippen LogP contribution is 2.27. The van der Waals surface area contributed by atoms with Gasteiger partial charge in [0.2, 0.25) is 5.91 Å². The number of fused-ring (bicyclic) bond motifs is 1. The highest BCUT2D eigenvalue weighted by molar-refractivity contribution is 5.99. The summed E-state index contributed by atoms with van der Waals surface area (Å²) in [7, 11) is 0. The van der Waals surface area contributed by atoms with Gasteiger partial charge in [0, 0.05) is 24.4 Å². The number of hydrogen-bond donors (Lipinski definition) is 3. The Balaban J connectivity index is 1.35. The molecule has 180 valence electrons. The van der Waals surface area contributed by atoms with E-state index in [0.717, 1.165) is 43.6 Å². The van der Waals surface area contributed by atoms with Crippen molar-refractivity contribution in [2.75, 3.05) is 13.1 Å². The lowest BCUT2D eigenvalue weighted by atomic mass is 10.0. The van der Waals surface area contributed by atoms with E-state index in [9.17, 15) is 18.4 Å². The van der Waals surface area contributed by atoms with Crippen molar-refractivity contribution in [2.45, 2.75) is 38.3 Å². The molecule has 35 heavy (non-hydrogen) atoms. The Bertz CT molecular complexity index is 1260. The largest absolute Gasteiger partial charge is 0.353 e. The summed E-state index contributed by atoms with van der Waals surface area (Å²) < 4.78 is 28.7. The number of piperidine rings is 1. The average molecular weight is 479 g/mol. The van der Waals surface area contributed by atoms with E-state index >= 15 is 0 Å². The van der Waals surface area contributed by atoms with E-state index in [1.807, 2.05) is 6.07 Å². The molecule has 1 fully saturated rings. The number of amides is 2. The van der Waals surface area contributed by atoms with E-state index in [1.54, 1.807) is 12.3 Å². The standard InChI is InChI=1S/C25H24F2N6O2/c26-17-2-1-3-18(27)22(17)24-32-19(23-20(33-24)13-30-25(23)35)10-14-4-5-16(29-12-14)11-21(34)31-15-6-8-28-9-7-15/h1-5,12,15,28H,6-11,13H2,(H,30,35)(H,31,34). The van der Waals surface area contributed by atoms with Crippen LogP contribution in [0, 0.1) is 11.6 Å². The molecule has 0 saturated carbocycles. The van der Waals surface area contributed by atoms with Crippen molar-refractivity contribution in [1.29, 1.82) is 0 Å². The minimum Gasteiger partial charge on any atom is -0.353 e. The number of benzene rings is 1. The van der Waals surface area contributed by atoms with Crippen molar-refractivity contribution >= 4 is 11.8 Å². The Morgan fingerprint density at radius 1 is 1.06 bits per heavy atom. The summed E-state index contributed by atoms with van der Waals surface area (Å²) in [5.41, 5.74) is 2.12.